The predicted molar refractivity (Wildman–Crippen MR) is 105 cm³/mol. The first-order valence-electron chi connectivity index (χ1n) is 8.99. The molecule has 3 aromatic carbocycles. The summed E-state index contributed by atoms with van der Waals surface area (Å²) in [6, 6.07) is 18.6. The first-order chi connectivity index (χ1) is 14.0. The average Bonchev–Trinajstić information content (AvgIpc) is 3.00. The number of hydrogen-bond donors (Lipinski definition) is 1. The van der Waals surface area contributed by atoms with E-state index < -0.39 is 11.7 Å². The molecule has 1 aliphatic rings. The van der Waals surface area contributed by atoms with E-state index in [2.05, 4.69) is 0 Å². The monoisotopic (exact) mass is 388 g/mol. The van der Waals surface area contributed by atoms with Crippen LogP contribution in [-0.4, -0.2) is 18.1 Å². The SMILES string of the molecule is COc1ccc(CN2C(=O)C(c3cc(C#N)c(F)cc3O)c3ccccc32)cc1. The van der Waals surface area contributed by atoms with Crippen LogP contribution in [0.1, 0.15) is 28.2 Å². The highest BCUT2D eigenvalue weighted by atomic mass is 19.1. The third-order valence-corrected chi connectivity index (χ3v) is 5.10. The summed E-state index contributed by atoms with van der Waals surface area (Å²) in [6.07, 6.45) is 0. The minimum atomic E-state index is -0.817. The molecule has 0 bridgehead atoms. The van der Waals surface area contributed by atoms with Crippen LogP contribution in [0.2, 0.25) is 0 Å². The molecular weight excluding hydrogens is 371 g/mol. The second-order valence-electron chi connectivity index (χ2n) is 6.77. The molecule has 144 valence electrons. The number of carbonyl (C=O) groups excluding carboxylic acids is 1. The maximum absolute atomic E-state index is 13.8. The van der Waals surface area contributed by atoms with E-state index >= 15 is 0 Å². The van der Waals surface area contributed by atoms with E-state index in [1.54, 1.807) is 24.1 Å². The molecule has 4 rings (SSSR count). The van der Waals surface area contributed by atoms with Gasteiger partial charge in [0, 0.05) is 17.3 Å². The van der Waals surface area contributed by atoms with Crippen LogP contribution >= 0.6 is 0 Å². The molecule has 1 aliphatic heterocycles. The molecule has 0 aliphatic carbocycles. The fourth-order valence-electron chi connectivity index (χ4n) is 3.66. The van der Waals surface area contributed by atoms with Crippen LogP contribution in [0.25, 0.3) is 0 Å². The number of para-hydroxylation sites is 1. The molecule has 0 aromatic heterocycles. The van der Waals surface area contributed by atoms with Crippen molar-refractivity contribution in [3.63, 3.8) is 0 Å². The largest absolute Gasteiger partial charge is 0.508 e. The topological polar surface area (TPSA) is 73.6 Å². The maximum Gasteiger partial charge on any atom is 0.239 e. The van der Waals surface area contributed by atoms with E-state index in [4.69, 9.17) is 10.00 Å². The zero-order valence-corrected chi connectivity index (χ0v) is 15.6. The van der Waals surface area contributed by atoms with Gasteiger partial charge in [0.15, 0.2) is 0 Å². The second kappa shape index (κ2) is 7.28. The van der Waals surface area contributed by atoms with Gasteiger partial charge in [-0.05, 0) is 35.4 Å². The van der Waals surface area contributed by atoms with Crippen molar-refractivity contribution in [3.05, 3.63) is 88.7 Å². The van der Waals surface area contributed by atoms with Gasteiger partial charge >= 0.3 is 0 Å². The number of anilines is 1. The van der Waals surface area contributed by atoms with Crippen LogP contribution in [0.3, 0.4) is 0 Å². The Morgan fingerprint density at radius 1 is 1.14 bits per heavy atom. The minimum Gasteiger partial charge on any atom is -0.508 e. The lowest BCUT2D eigenvalue weighted by molar-refractivity contribution is -0.118. The van der Waals surface area contributed by atoms with Crippen molar-refractivity contribution < 1.29 is 19.0 Å². The number of amides is 1. The molecule has 0 spiro atoms. The van der Waals surface area contributed by atoms with Gasteiger partial charge in [-0.2, -0.15) is 5.26 Å². The van der Waals surface area contributed by atoms with E-state index in [0.717, 1.165) is 23.1 Å². The van der Waals surface area contributed by atoms with E-state index in [0.29, 0.717) is 12.1 Å². The van der Waals surface area contributed by atoms with E-state index in [9.17, 15) is 14.3 Å². The Labute approximate surface area is 167 Å². The maximum atomic E-state index is 13.8. The average molecular weight is 388 g/mol. The number of phenolic OH excluding ortho intramolecular Hbond substituents is 1. The van der Waals surface area contributed by atoms with Gasteiger partial charge in [-0.25, -0.2) is 4.39 Å². The first kappa shape index (κ1) is 18.5. The highest BCUT2D eigenvalue weighted by molar-refractivity contribution is 6.07. The number of methoxy groups -OCH3 is 1. The van der Waals surface area contributed by atoms with Crippen molar-refractivity contribution in [2.45, 2.75) is 12.5 Å². The summed E-state index contributed by atoms with van der Waals surface area (Å²) < 4.78 is 19.0. The highest BCUT2D eigenvalue weighted by Gasteiger charge is 2.39. The standard InChI is InChI=1S/C23H17FN2O3/c1-29-16-8-6-14(7-9-16)13-26-20-5-3-2-4-17(20)22(23(26)28)18-10-15(12-25)19(24)11-21(18)27/h2-11,22,27H,13H2,1H3. The molecule has 3 aromatic rings. The number of fused-ring (bicyclic) bond motifs is 1. The summed E-state index contributed by atoms with van der Waals surface area (Å²) in [5.74, 6) is -1.49. The molecule has 1 unspecified atom stereocenters. The number of nitriles is 1. The smallest absolute Gasteiger partial charge is 0.239 e. The molecule has 1 amide bonds. The van der Waals surface area contributed by atoms with Crippen molar-refractivity contribution in [1.82, 2.24) is 0 Å². The number of rotatable bonds is 4. The quantitative estimate of drug-likeness (QED) is 0.731. The molecule has 0 saturated carbocycles. The summed E-state index contributed by atoms with van der Waals surface area (Å²) >= 11 is 0. The van der Waals surface area contributed by atoms with E-state index in [1.165, 1.54) is 6.07 Å². The molecular formula is C23H17FN2O3. The zero-order chi connectivity index (χ0) is 20.5. The lowest BCUT2D eigenvalue weighted by atomic mass is 9.90. The van der Waals surface area contributed by atoms with Crippen molar-refractivity contribution in [1.29, 1.82) is 5.26 Å². The molecule has 1 heterocycles. The Morgan fingerprint density at radius 2 is 1.86 bits per heavy atom. The van der Waals surface area contributed by atoms with Crippen molar-refractivity contribution in [2.75, 3.05) is 12.0 Å². The van der Waals surface area contributed by atoms with Gasteiger partial charge < -0.3 is 14.7 Å². The number of carbonyl (C=O) groups is 1. The van der Waals surface area contributed by atoms with Crippen LogP contribution in [0.5, 0.6) is 11.5 Å². The number of benzene rings is 3. The van der Waals surface area contributed by atoms with Crippen LogP contribution in [0.4, 0.5) is 10.1 Å². The van der Waals surface area contributed by atoms with Gasteiger partial charge in [-0.3, -0.25) is 4.79 Å². The molecule has 1 atom stereocenters. The Kier molecular flexibility index (Phi) is 4.65. The van der Waals surface area contributed by atoms with E-state index in [1.807, 2.05) is 42.5 Å². The fraction of sp³-hybridized carbons (Fsp3) is 0.130. The number of nitrogens with zero attached hydrogens (tertiary/aromatic N) is 2. The Bertz CT molecular complexity index is 1140. The lowest BCUT2D eigenvalue weighted by Gasteiger charge is -2.19. The first-order valence-corrected chi connectivity index (χ1v) is 8.99. The fourth-order valence-corrected chi connectivity index (χ4v) is 3.66. The summed E-state index contributed by atoms with van der Waals surface area (Å²) in [7, 11) is 1.59. The van der Waals surface area contributed by atoms with Crippen molar-refractivity contribution in [2.24, 2.45) is 0 Å². The number of phenols is 1. The zero-order valence-electron chi connectivity index (χ0n) is 15.6. The lowest BCUT2D eigenvalue weighted by Crippen LogP contribution is -2.28. The normalized spacial score (nSPS) is 15.1. The van der Waals surface area contributed by atoms with Crippen LogP contribution in [-0.2, 0) is 11.3 Å². The second-order valence-corrected chi connectivity index (χ2v) is 6.77. The molecule has 0 saturated heterocycles. The number of ether oxygens (including phenoxy) is 1. The molecule has 6 heteroatoms. The van der Waals surface area contributed by atoms with Crippen LogP contribution in [0, 0.1) is 17.1 Å². The summed E-state index contributed by atoms with van der Waals surface area (Å²) in [5, 5.41) is 19.5. The molecule has 1 N–H and O–H groups in total. The molecule has 0 radical (unpaired) electrons. The van der Waals surface area contributed by atoms with E-state index in [-0.39, 0.29) is 22.8 Å². The van der Waals surface area contributed by atoms with Crippen molar-refractivity contribution >= 4 is 11.6 Å². The third kappa shape index (κ3) is 3.17. The van der Waals surface area contributed by atoms with Gasteiger partial charge in [0.1, 0.15) is 23.4 Å². The van der Waals surface area contributed by atoms with Gasteiger partial charge in [0.25, 0.3) is 0 Å². The Hall–Kier alpha value is -3.85. The molecule has 0 fully saturated rings. The van der Waals surface area contributed by atoms with Gasteiger partial charge in [0.05, 0.1) is 25.1 Å². The van der Waals surface area contributed by atoms with Crippen LogP contribution < -0.4 is 9.64 Å². The number of halogens is 1. The van der Waals surface area contributed by atoms with Crippen molar-refractivity contribution in [3.8, 4) is 17.6 Å². The van der Waals surface area contributed by atoms with Crippen LogP contribution in [0.15, 0.2) is 60.7 Å². The summed E-state index contributed by atoms with van der Waals surface area (Å²) in [4.78, 5) is 15.0. The number of aromatic hydroxyl groups is 1. The summed E-state index contributed by atoms with van der Waals surface area (Å²) in [5.41, 5.74) is 2.35. The molecule has 5 nitrogen and oxygen atoms in total. The van der Waals surface area contributed by atoms with Gasteiger partial charge in [0.2, 0.25) is 5.91 Å². The van der Waals surface area contributed by atoms with Gasteiger partial charge in [-0.1, -0.05) is 30.3 Å². The minimum absolute atomic E-state index is 0.211. The molecule has 29 heavy (non-hydrogen) atoms. The Balaban J connectivity index is 1.76. The Morgan fingerprint density at radius 3 is 2.55 bits per heavy atom. The summed E-state index contributed by atoms with van der Waals surface area (Å²) in [6.45, 7) is 0.337. The highest BCUT2D eigenvalue weighted by Crippen LogP contribution is 2.44. The predicted octanol–water partition coefficient (Wildman–Crippen LogP) is 4.09. The third-order valence-electron chi connectivity index (χ3n) is 5.10. The van der Waals surface area contributed by atoms with Gasteiger partial charge in [-0.15, -0.1) is 0 Å². The number of hydrogen-bond acceptors (Lipinski definition) is 4.